The highest BCUT2D eigenvalue weighted by Crippen LogP contribution is 2.26. The van der Waals surface area contributed by atoms with Crippen LogP contribution in [-0.2, 0) is 6.54 Å². The molecule has 0 radical (unpaired) electrons. The number of rotatable bonds is 5. The summed E-state index contributed by atoms with van der Waals surface area (Å²) >= 11 is 5.94. The van der Waals surface area contributed by atoms with Crippen molar-refractivity contribution in [3.8, 4) is 17.1 Å². The number of carbonyl (C=O) groups excluding carboxylic acids is 1. The predicted molar refractivity (Wildman–Crippen MR) is 127 cm³/mol. The first kappa shape index (κ1) is 20.8. The van der Waals surface area contributed by atoms with Crippen LogP contribution in [0, 0.1) is 6.92 Å². The Hall–Kier alpha value is -4.10. The molecule has 3 heterocycles. The quantitative estimate of drug-likeness (QED) is 0.413. The van der Waals surface area contributed by atoms with E-state index in [1.807, 2.05) is 55.5 Å². The van der Waals surface area contributed by atoms with Crippen molar-refractivity contribution >= 4 is 28.5 Å². The van der Waals surface area contributed by atoms with Crippen molar-refractivity contribution in [3.63, 3.8) is 0 Å². The first-order valence-corrected chi connectivity index (χ1v) is 10.7. The summed E-state index contributed by atoms with van der Waals surface area (Å²) in [5.41, 5.74) is 5.23. The van der Waals surface area contributed by atoms with Gasteiger partial charge in [-0.25, -0.2) is 9.67 Å². The molecule has 162 valence electrons. The molecule has 0 unspecified atom stereocenters. The van der Waals surface area contributed by atoms with E-state index in [0.29, 0.717) is 23.1 Å². The maximum absolute atomic E-state index is 12.9. The van der Waals surface area contributed by atoms with Gasteiger partial charge in [0.2, 0.25) is 0 Å². The van der Waals surface area contributed by atoms with Crippen LogP contribution in [0.4, 0.5) is 0 Å². The van der Waals surface area contributed by atoms with Crippen molar-refractivity contribution in [1.82, 2.24) is 30.0 Å². The molecule has 5 aromatic rings. The SMILES string of the molecule is Cc1cccc(-n2nc(C(=O)NCc3ccc(Cl)cc3)cc2-c2ccc3nccnc3c2)n1. The monoisotopic (exact) mass is 454 g/mol. The van der Waals surface area contributed by atoms with E-state index in [9.17, 15) is 4.79 Å². The highest BCUT2D eigenvalue weighted by molar-refractivity contribution is 6.30. The lowest BCUT2D eigenvalue weighted by Gasteiger charge is -2.08. The van der Waals surface area contributed by atoms with E-state index in [1.54, 1.807) is 35.3 Å². The summed E-state index contributed by atoms with van der Waals surface area (Å²) < 4.78 is 1.68. The van der Waals surface area contributed by atoms with Crippen LogP contribution in [0.2, 0.25) is 5.02 Å². The maximum Gasteiger partial charge on any atom is 0.272 e. The van der Waals surface area contributed by atoms with Crippen molar-refractivity contribution in [2.75, 3.05) is 0 Å². The van der Waals surface area contributed by atoms with Gasteiger partial charge in [0.1, 0.15) is 0 Å². The number of benzene rings is 2. The molecule has 3 aromatic heterocycles. The second kappa shape index (κ2) is 8.80. The summed E-state index contributed by atoms with van der Waals surface area (Å²) in [5.74, 6) is 0.346. The third-order valence-electron chi connectivity index (χ3n) is 5.16. The molecular formula is C25H19ClN6O. The van der Waals surface area contributed by atoms with Gasteiger partial charge < -0.3 is 5.32 Å². The Morgan fingerprint density at radius 1 is 0.970 bits per heavy atom. The maximum atomic E-state index is 12.9. The van der Waals surface area contributed by atoms with Crippen LogP contribution in [0.15, 0.2) is 79.1 Å². The number of pyridine rings is 1. The van der Waals surface area contributed by atoms with Gasteiger partial charge in [-0.15, -0.1) is 0 Å². The Labute approximate surface area is 195 Å². The molecule has 0 saturated heterocycles. The molecule has 5 rings (SSSR count). The number of nitrogens with zero attached hydrogens (tertiary/aromatic N) is 5. The van der Waals surface area contributed by atoms with Crippen LogP contribution in [0.5, 0.6) is 0 Å². The number of nitrogens with one attached hydrogen (secondary N) is 1. The van der Waals surface area contributed by atoms with Gasteiger partial charge in [-0.1, -0.05) is 35.9 Å². The molecule has 7 nitrogen and oxygen atoms in total. The average Bonchev–Trinajstić information content (AvgIpc) is 3.29. The minimum absolute atomic E-state index is 0.279. The second-order valence-electron chi connectivity index (χ2n) is 7.53. The van der Waals surface area contributed by atoms with E-state index in [0.717, 1.165) is 33.5 Å². The normalized spacial score (nSPS) is 11.0. The number of hydrogen-bond donors (Lipinski definition) is 1. The van der Waals surface area contributed by atoms with Crippen LogP contribution in [0.3, 0.4) is 0 Å². The molecule has 0 fully saturated rings. The van der Waals surface area contributed by atoms with E-state index in [4.69, 9.17) is 11.6 Å². The lowest BCUT2D eigenvalue weighted by atomic mass is 10.1. The predicted octanol–water partition coefficient (Wildman–Crippen LogP) is 4.77. The number of hydrogen-bond acceptors (Lipinski definition) is 5. The summed E-state index contributed by atoms with van der Waals surface area (Å²) in [5, 5.41) is 8.16. The number of aromatic nitrogens is 5. The largest absolute Gasteiger partial charge is 0.347 e. The van der Waals surface area contributed by atoms with Crippen LogP contribution in [0.25, 0.3) is 28.1 Å². The molecule has 0 spiro atoms. The molecule has 33 heavy (non-hydrogen) atoms. The van der Waals surface area contributed by atoms with Gasteiger partial charge in [-0.3, -0.25) is 14.8 Å². The average molecular weight is 455 g/mol. The lowest BCUT2D eigenvalue weighted by Crippen LogP contribution is -2.23. The fourth-order valence-corrected chi connectivity index (χ4v) is 3.64. The Bertz CT molecular complexity index is 1460. The summed E-state index contributed by atoms with van der Waals surface area (Å²) in [6.45, 7) is 2.28. The van der Waals surface area contributed by atoms with Gasteiger partial charge in [0.15, 0.2) is 11.5 Å². The van der Waals surface area contributed by atoms with Gasteiger partial charge in [0, 0.05) is 35.2 Å². The van der Waals surface area contributed by atoms with Crippen molar-refractivity contribution in [2.24, 2.45) is 0 Å². The molecular weight excluding hydrogens is 436 g/mol. The Kier molecular flexibility index (Phi) is 5.54. The molecule has 8 heteroatoms. The van der Waals surface area contributed by atoms with Gasteiger partial charge >= 0.3 is 0 Å². The highest BCUT2D eigenvalue weighted by Gasteiger charge is 2.18. The zero-order valence-electron chi connectivity index (χ0n) is 17.7. The minimum Gasteiger partial charge on any atom is -0.347 e. The molecule has 0 atom stereocenters. The molecule has 1 N–H and O–H groups in total. The zero-order chi connectivity index (χ0) is 22.8. The summed E-state index contributed by atoms with van der Waals surface area (Å²) in [4.78, 5) is 26.3. The van der Waals surface area contributed by atoms with E-state index in [-0.39, 0.29) is 5.91 Å². The summed E-state index contributed by atoms with van der Waals surface area (Å²) in [6, 6.07) is 20.6. The van der Waals surface area contributed by atoms with Gasteiger partial charge in [-0.2, -0.15) is 5.10 Å². The number of halogens is 1. The number of fused-ring (bicyclic) bond motifs is 1. The summed E-state index contributed by atoms with van der Waals surface area (Å²) in [6.07, 6.45) is 3.31. The Balaban J connectivity index is 1.52. The molecule has 2 aromatic carbocycles. The molecule has 0 aliphatic carbocycles. The highest BCUT2D eigenvalue weighted by atomic mass is 35.5. The molecule has 0 aliphatic rings. The van der Waals surface area contributed by atoms with Gasteiger partial charge in [-0.05, 0) is 55.0 Å². The van der Waals surface area contributed by atoms with Crippen LogP contribution in [0.1, 0.15) is 21.7 Å². The van der Waals surface area contributed by atoms with Gasteiger partial charge in [0.05, 0.1) is 16.7 Å². The molecule has 0 aliphatic heterocycles. The van der Waals surface area contributed by atoms with Crippen molar-refractivity contribution in [1.29, 1.82) is 0 Å². The third kappa shape index (κ3) is 4.44. The van der Waals surface area contributed by atoms with Crippen molar-refractivity contribution in [3.05, 3.63) is 101 Å². The smallest absolute Gasteiger partial charge is 0.272 e. The van der Waals surface area contributed by atoms with E-state index >= 15 is 0 Å². The standard InChI is InChI=1S/C25H19ClN6O/c1-16-3-2-4-24(30-16)32-23(18-7-10-20-21(13-18)28-12-11-27-20)14-22(31-32)25(33)29-15-17-5-8-19(26)9-6-17/h2-14H,15H2,1H3,(H,29,33). The van der Waals surface area contributed by atoms with Crippen molar-refractivity contribution < 1.29 is 4.79 Å². The fraction of sp³-hybridized carbons (Fsp3) is 0.0800. The summed E-state index contributed by atoms with van der Waals surface area (Å²) in [7, 11) is 0. The number of amides is 1. The van der Waals surface area contributed by atoms with Crippen LogP contribution in [-0.4, -0.2) is 30.6 Å². The Morgan fingerprint density at radius 3 is 2.55 bits per heavy atom. The first-order chi connectivity index (χ1) is 16.1. The number of carbonyl (C=O) groups is 1. The molecule has 0 bridgehead atoms. The van der Waals surface area contributed by atoms with E-state index in [2.05, 4.69) is 25.4 Å². The zero-order valence-corrected chi connectivity index (χ0v) is 18.5. The fourth-order valence-electron chi connectivity index (χ4n) is 3.52. The van der Waals surface area contributed by atoms with E-state index in [1.165, 1.54) is 0 Å². The Morgan fingerprint density at radius 2 is 1.76 bits per heavy atom. The molecule has 1 amide bonds. The lowest BCUT2D eigenvalue weighted by molar-refractivity contribution is 0.0945. The first-order valence-electron chi connectivity index (χ1n) is 10.3. The minimum atomic E-state index is -0.279. The van der Waals surface area contributed by atoms with Crippen molar-refractivity contribution in [2.45, 2.75) is 13.5 Å². The topological polar surface area (TPSA) is 85.6 Å². The van der Waals surface area contributed by atoms with E-state index < -0.39 is 0 Å². The third-order valence-corrected chi connectivity index (χ3v) is 5.42. The molecule has 0 saturated carbocycles. The van der Waals surface area contributed by atoms with Gasteiger partial charge in [0.25, 0.3) is 5.91 Å². The van der Waals surface area contributed by atoms with Crippen LogP contribution >= 0.6 is 11.6 Å². The van der Waals surface area contributed by atoms with Crippen LogP contribution < -0.4 is 5.32 Å². The second-order valence-corrected chi connectivity index (χ2v) is 7.97. The number of aryl methyl sites for hydroxylation is 1.